The molecule has 0 amide bonds. The molecular formula is C29H44N2. The molecule has 2 rings (SSSR count). The molecule has 170 valence electrons. The predicted octanol–water partition coefficient (Wildman–Crippen LogP) is 9.00. The van der Waals surface area contributed by atoms with Crippen LogP contribution in [-0.4, -0.2) is 6.04 Å². The second kappa shape index (κ2) is 10.9. The summed E-state index contributed by atoms with van der Waals surface area (Å²) in [6.45, 7) is 22.6. The maximum absolute atomic E-state index is 3.82. The van der Waals surface area contributed by atoms with Gasteiger partial charge in [0.05, 0.1) is 0 Å². The van der Waals surface area contributed by atoms with Crippen molar-refractivity contribution < 1.29 is 0 Å². The van der Waals surface area contributed by atoms with Crippen LogP contribution in [0, 0.1) is 0 Å². The summed E-state index contributed by atoms with van der Waals surface area (Å²) in [7, 11) is 0. The van der Waals surface area contributed by atoms with Gasteiger partial charge in [0.15, 0.2) is 0 Å². The summed E-state index contributed by atoms with van der Waals surface area (Å²) in [6, 6.07) is 13.6. The first kappa shape index (κ1) is 25.0. The van der Waals surface area contributed by atoms with E-state index in [-0.39, 0.29) is 6.04 Å². The number of hydrogen-bond acceptors (Lipinski definition) is 2. The summed E-state index contributed by atoms with van der Waals surface area (Å²) >= 11 is 0. The third-order valence-corrected chi connectivity index (χ3v) is 5.94. The smallest absolute Gasteiger partial charge is 0.0452 e. The van der Waals surface area contributed by atoms with Gasteiger partial charge in [-0.3, -0.25) is 0 Å². The van der Waals surface area contributed by atoms with Gasteiger partial charge in [-0.25, -0.2) is 0 Å². The van der Waals surface area contributed by atoms with Crippen LogP contribution in [-0.2, 0) is 0 Å². The van der Waals surface area contributed by atoms with E-state index in [1.807, 2.05) is 0 Å². The summed E-state index contributed by atoms with van der Waals surface area (Å²) in [5, 5.41) is 7.57. The molecule has 0 aliphatic rings. The molecular weight excluding hydrogens is 376 g/mol. The van der Waals surface area contributed by atoms with Crippen LogP contribution in [0.3, 0.4) is 0 Å². The average Bonchev–Trinajstić information content (AvgIpc) is 2.67. The Hall–Kier alpha value is -2.22. The lowest BCUT2D eigenvalue weighted by molar-refractivity contribution is 0.825. The number of benzene rings is 2. The Kier molecular flexibility index (Phi) is 8.79. The summed E-state index contributed by atoms with van der Waals surface area (Å²) in [5.74, 6) is 1.94. The molecule has 0 radical (unpaired) electrons. The number of rotatable bonds is 9. The Morgan fingerprint density at radius 3 is 1.32 bits per heavy atom. The maximum Gasteiger partial charge on any atom is 0.0452 e. The van der Waals surface area contributed by atoms with Crippen LogP contribution in [0.2, 0.25) is 0 Å². The Morgan fingerprint density at radius 2 is 0.968 bits per heavy atom. The van der Waals surface area contributed by atoms with E-state index in [1.54, 1.807) is 0 Å². The molecule has 1 atom stereocenters. The first-order chi connectivity index (χ1) is 14.5. The van der Waals surface area contributed by atoms with Crippen LogP contribution in [0.1, 0.15) is 115 Å². The molecule has 0 aromatic heterocycles. The molecule has 0 aliphatic heterocycles. The summed E-state index contributed by atoms with van der Waals surface area (Å²) < 4.78 is 0. The summed E-state index contributed by atoms with van der Waals surface area (Å²) in [4.78, 5) is 0. The third-order valence-electron chi connectivity index (χ3n) is 5.94. The molecule has 1 unspecified atom stereocenters. The van der Waals surface area contributed by atoms with Gasteiger partial charge in [0.2, 0.25) is 0 Å². The molecule has 0 saturated heterocycles. The van der Waals surface area contributed by atoms with Crippen LogP contribution in [0.4, 0.5) is 11.4 Å². The molecule has 2 aromatic carbocycles. The number of para-hydroxylation sites is 2. The second-order valence-corrected chi connectivity index (χ2v) is 10.1. The zero-order valence-corrected chi connectivity index (χ0v) is 21.4. The molecule has 0 heterocycles. The van der Waals surface area contributed by atoms with E-state index < -0.39 is 0 Å². The minimum Gasteiger partial charge on any atom is -0.379 e. The second-order valence-electron chi connectivity index (χ2n) is 10.1. The molecule has 2 aromatic rings. The van der Waals surface area contributed by atoms with Gasteiger partial charge in [-0.15, -0.1) is 0 Å². The Bertz CT molecular complexity index is 835. The lowest BCUT2D eigenvalue weighted by Gasteiger charge is -2.24. The summed E-state index contributed by atoms with van der Waals surface area (Å²) in [5.41, 5.74) is 9.31. The largest absolute Gasteiger partial charge is 0.379 e. The Balaban J connectivity index is 2.33. The zero-order valence-electron chi connectivity index (χ0n) is 21.4. The van der Waals surface area contributed by atoms with E-state index in [0.717, 1.165) is 0 Å². The SMILES string of the molecule is CC(=CC(C)Nc1c(C(C)C)cccc1C(C)C)Nc1c(C(C)C)cccc1C(C)C. The van der Waals surface area contributed by atoms with Gasteiger partial charge >= 0.3 is 0 Å². The minimum atomic E-state index is 0.221. The van der Waals surface area contributed by atoms with Gasteiger partial charge in [-0.05, 0) is 65.8 Å². The fraction of sp³-hybridized carbons (Fsp3) is 0.517. The quantitative estimate of drug-likeness (QED) is 0.423. The van der Waals surface area contributed by atoms with Crippen LogP contribution in [0.25, 0.3) is 0 Å². The molecule has 0 saturated carbocycles. The maximum atomic E-state index is 3.82. The van der Waals surface area contributed by atoms with Crippen LogP contribution in [0.15, 0.2) is 48.2 Å². The van der Waals surface area contributed by atoms with Gasteiger partial charge < -0.3 is 10.6 Å². The normalized spacial score (nSPS) is 13.4. The third kappa shape index (κ3) is 6.38. The Labute approximate surface area is 191 Å². The first-order valence-corrected chi connectivity index (χ1v) is 12.0. The molecule has 2 N–H and O–H groups in total. The van der Waals surface area contributed by atoms with Crippen molar-refractivity contribution in [1.82, 2.24) is 0 Å². The molecule has 0 spiro atoms. The summed E-state index contributed by atoms with van der Waals surface area (Å²) in [6.07, 6.45) is 2.31. The molecule has 2 nitrogen and oxygen atoms in total. The van der Waals surface area contributed by atoms with Crippen molar-refractivity contribution in [2.75, 3.05) is 10.6 Å². The van der Waals surface area contributed by atoms with Gasteiger partial charge in [0, 0.05) is 23.1 Å². The molecule has 31 heavy (non-hydrogen) atoms. The van der Waals surface area contributed by atoms with E-state index in [1.165, 1.54) is 39.3 Å². The average molecular weight is 421 g/mol. The van der Waals surface area contributed by atoms with Crippen molar-refractivity contribution in [3.05, 3.63) is 70.4 Å². The lowest BCUT2D eigenvalue weighted by atomic mass is 9.92. The van der Waals surface area contributed by atoms with Crippen molar-refractivity contribution in [2.45, 2.75) is 99.0 Å². The topological polar surface area (TPSA) is 24.1 Å². The van der Waals surface area contributed by atoms with Gasteiger partial charge in [-0.2, -0.15) is 0 Å². The highest BCUT2D eigenvalue weighted by Gasteiger charge is 2.16. The van der Waals surface area contributed by atoms with Crippen LogP contribution < -0.4 is 10.6 Å². The highest BCUT2D eigenvalue weighted by Crippen LogP contribution is 2.34. The fourth-order valence-electron chi connectivity index (χ4n) is 4.30. The van der Waals surface area contributed by atoms with Gasteiger partial charge in [-0.1, -0.05) is 91.8 Å². The first-order valence-electron chi connectivity index (χ1n) is 12.0. The minimum absolute atomic E-state index is 0.221. The number of nitrogens with one attached hydrogen (secondary N) is 2. The van der Waals surface area contributed by atoms with Crippen molar-refractivity contribution in [3.8, 4) is 0 Å². The van der Waals surface area contributed by atoms with Gasteiger partial charge in [0.1, 0.15) is 0 Å². The lowest BCUT2D eigenvalue weighted by Crippen LogP contribution is -2.18. The van der Waals surface area contributed by atoms with Gasteiger partial charge in [0.25, 0.3) is 0 Å². The molecule has 0 bridgehead atoms. The number of allylic oxidation sites excluding steroid dienone is 1. The number of hydrogen-bond donors (Lipinski definition) is 2. The van der Waals surface area contributed by atoms with Crippen molar-refractivity contribution in [3.63, 3.8) is 0 Å². The highest BCUT2D eigenvalue weighted by atomic mass is 14.9. The van der Waals surface area contributed by atoms with E-state index in [2.05, 4.69) is 122 Å². The van der Waals surface area contributed by atoms with Crippen LogP contribution in [0.5, 0.6) is 0 Å². The standard InChI is InChI=1S/C29H44N2/c1-18(2)24-13-11-14-25(19(3)4)28(24)30-22(9)17-23(10)31-29-26(20(5)6)15-12-16-27(29)21(7)8/h11-22,30-31H,1-10H3. The van der Waals surface area contributed by atoms with E-state index in [9.17, 15) is 0 Å². The fourth-order valence-corrected chi connectivity index (χ4v) is 4.30. The van der Waals surface area contributed by atoms with E-state index in [0.29, 0.717) is 23.7 Å². The van der Waals surface area contributed by atoms with Crippen LogP contribution >= 0.6 is 0 Å². The highest BCUT2D eigenvalue weighted by molar-refractivity contribution is 5.64. The van der Waals surface area contributed by atoms with E-state index >= 15 is 0 Å². The monoisotopic (exact) mass is 420 g/mol. The van der Waals surface area contributed by atoms with E-state index in [4.69, 9.17) is 0 Å². The van der Waals surface area contributed by atoms with Crippen molar-refractivity contribution >= 4 is 11.4 Å². The van der Waals surface area contributed by atoms with Crippen molar-refractivity contribution in [1.29, 1.82) is 0 Å². The molecule has 0 fully saturated rings. The Morgan fingerprint density at radius 1 is 0.613 bits per heavy atom. The molecule has 0 aliphatic carbocycles. The van der Waals surface area contributed by atoms with Crippen molar-refractivity contribution in [2.24, 2.45) is 0 Å². The zero-order chi connectivity index (χ0) is 23.3. The molecule has 2 heteroatoms. The number of anilines is 2. The predicted molar refractivity (Wildman–Crippen MR) is 140 cm³/mol.